The van der Waals surface area contributed by atoms with Crippen molar-refractivity contribution in [2.24, 2.45) is 0 Å². The van der Waals surface area contributed by atoms with Crippen LogP contribution in [-0.2, 0) is 20.2 Å². The maximum absolute atomic E-state index is 10.4. The van der Waals surface area contributed by atoms with Gasteiger partial charge in [0.1, 0.15) is 20.2 Å². The van der Waals surface area contributed by atoms with Crippen LogP contribution in [0.2, 0.25) is 0 Å². The molecule has 13 heteroatoms. The summed E-state index contributed by atoms with van der Waals surface area (Å²) in [4.78, 5) is 22.5. The Kier molecular flexibility index (Phi) is 7.70. The first kappa shape index (κ1) is 18.0. The molecule has 3 aromatic heterocycles. The molecule has 0 saturated carbocycles. The maximum Gasteiger partial charge on any atom is 0.346 e. The highest BCUT2D eigenvalue weighted by Crippen LogP contribution is 1.78. The molecule has 0 saturated heterocycles. The van der Waals surface area contributed by atoms with Crippen molar-refractivity contribution in [3.05, 3.63) is 51.8 Å². The fraction of sp³-hybridized carbons (Fsp3) is 0.300. The van der Waals surface area contributed by atoms with E-state index in [4.69, 9.17) is 15.3 Å². The van der Waals surface area contributed by atoms with Crippen molar-refractivity contribution in [2.75, 3.05) is 0 Å². The Balaban J connectivity index is 0.000000175. The van der Waals surface area contributed by atoms with Gasteiger partial charge in [-0.3, -0.25) is 4.98 Å². The van der Waals surface area contributed by atoms with Crippen molar-refractivity contribution < 1.29 is 15.3 Å². The Hall–Kier alpha value is -3.03. The lowest BCUT2D eigenvalue weighted by Crippen LogP contribution is -2.17. The quantitative estimate of drug-likeness (QED) is 0.335. The van der Waals surface area contributed by atoms with Gasteiger partial charge in [0.15, 0.2) is 0 Å². The highest BCUT2D eigenvalue weighted by atomic mass is 16.3. The van der Waals surface area contributed by atoms with Crippen LogP contribution in [0.15, 0.2) is 40.4 Å². The third-order valence-corrected chi connectivity index (χ3v) is 2.16. The normalized spacial score (nSPS) is 9.52. The van der Waals surface area contributed by atoms with Gasteiger partial charge in [0, 0.05) is 18.6 Å². The molecule has 0 aromatic carbocycles. The largest absolute Gasteiger partial charge is 0.374 e. The molecule has 23 heavy (non-hydrogen) atoms. The lowest BCUT2D eigenvalue weighted by atomic mass is 10.8. The smallest absolute Gasteiger partial charge is 0.346 e. The van der Waals surface area contributed by atoms with E-state index >= 15 is 0 Å². The molecule has 126 valence electrons. The van der Waals surface area contributed by atoms with Crippen LogP contribution >= 0.6 is 0 Å². The Bertz CT molecular complexity index is 707. The molecular formula is C10H16N8O5. The molecule has 0 fully saturated rings. The van der Waals surface area contributed by atoms with Crippen molar-refractivity contribution in [3.8, 4) is 0 Å². The van der Waals surface area contributed by atoms with E-state index in [1.54, 1.807) is 24.7 Å². The van der Waals surface area contributed by atoms with Gasteiger partial charge >= 0.3 is 11.4 Å². The highest BCUT2D eigenvalue weighted by Gasteiger charge is 1.93. The van der Waals surface area contributed by atoms with Crippen molar-refractivity contribution in [2.45, 2.75) is 20.2 Å². The molecule has 0 aliphatic rings. The van der Waals surface area contributed by atoms with Crippen LogP contribution in [0.4, 0.5) is 0 Å². The van der Waals surface area contributed by atoms with E-state index in [1.807, 2.05) is 10.1 Å². The molecule has 0 atom stereocenters. The second-order valence-electron chi connectivity index (χ2n) is 3.71. The summed E-state index contributed by atoms with van der Waals surface area (Å²) in [5.41, 5.74) is -1.25. The molecule has 3 heterocycles. The highest BCUT2D eigenvalue weighted by molar-refractivity contribution is 4.76. The number of aromatic amines is 2. The number of hydrogen-bond donors (Lipinski definition) is 5. The number of H-pyrrole nitrogens is 2. The summed E-state index contributed by atoms with van der Waals surface area (Å²) in [5, 5.41) is 37.6. The average molecular weight is 328 g/mol. The van der Waals surface area contributed by atoms with Crippen LogP contribution in [-0.4, -0.2) is 54.9 Å². The van der Waals surface area contributed by atoms with Crippen molar-refractivity contribution >= 4 is 0 Å². The predicted octanol–water partition coefficient (Wildman–Crippen LogP) is -3.12. The molecular weight excluding hydrogens is 312 g/mol. The predicted molar refractivity (Wildman–Crippen MR) is 74.6 cm³/mol. The fourth-order valence-corrected chi connectivity index (χ4v) is 1.16. The van der Waals surface area contributed by atoms with Gasteiger partial charge in [-0.2, -0.15) is 5.10 Å². The van der Waals surface area contributed by atoms with E-state index in [0.29, 0.717) is 0 Å². The zero-order valence-corrected chi connectivity index (χ0v) is 11.8. The van der Waals surface area contributed by atoms with Gasteiger partial charge in [0.25, 0.3) is 0 Å². The lowest BCUT2D eigenvalue weighted by molar-refractivity contribution is 0.190. The molecule has 0 radical (unpaired) electrons. The van der Waals surface area contributed by atoms with E-state index in [2.05, 4.69) is 15.4 Å². The van der Waals surface area contributed by atoms with Crippen LogP contribution in [0, 0.1) is 0 Å². The standard InChI is InChI=1S/C4H6N2O.C3H5N3O3.C3H5N3O/c7-4-6-3-1-2-5-6;7-1-6-3(9)4-2(8)5-6;7-3-6-2-1-4-5-6/h1-3,7H,4H2;7H,1H2,(H2,4,5,8,9);1-2,7H,3H2. The van der Waals surface area contributed by atoms with E-state index in [0.717, 1.165) is 4.68 Å². The molecule has 13 nitrogen and oxygen atoms in total. The van der Waals surface area contributed by atoms with Crippen LogP contribution < -0.4 is 11.4 Å². The van der Waals surface area contributed by atoms with Gasteiger partial charge in [-0.05, 0) is 6.07 Å². The van der Waals surface area contributed by atoms with Crippen molar-refractivity contribution in [1.29, 1.82) is 0 Å². The number of aromatic nitrogens is 8. The fourth-order valence-electron chi connectivity index (χ4n) is 1.16. The second kappa shape index (κ2) is 9.82. The van der Waals surface area contributed by atoms with Crippen molar-refractivity contribution in [1.82, 2.24) is 39.5 Å². The number of nitrogens with zero attached hydrogens (tertiary/aromatic N) is 6. The van der Waals surface area contributed by atoms with Gasteiger partial charge < -0.3 is 15.3 Å². The third kappa shape index (κ3) is 6.51. The number of aliphatic hydroxyl groups is 3. The Morgan fingerprint density at radius 1 is 1.00 bits per heavy atom. The lowest BCUT2D eigenvalue weighted by Gasteiger charge is -1.87. The molecule has 0 amide bonds. The first-order valence-electron chi connectivity index (χ1n) is 6.14. The molecule has 5 N–H and O–H groups in total. The van der Waals surface area contributed by atoms with Crippen LogP contribution in [0.1, 0.15) is 0 Å². The summed E-state index contributed by atoms with van der Waals surface area (Å²) in [7, 11) is 0. The van der Waals surface area contributed by atoms with E-state index < -0.39 is 18.1 Å². The van der Waals surface area contributed by atoms with Crippen LogP contribution in [0.5, 0.6) is 0 Å². The van der Waals surface area contributed by atoms with Gasteiger partial charge in [0.2, 0.25) is 0 Å². The van der Waals surface area contributed by atoms with E-state index in [9.17, 15) is 9.59 Å². The van der Waals surface area contributed by atoms with Gasteiger partial charge in [0.05, 0.1) is 6.20 Å². The van der Waals surface area contributed by atoms with Gasteiger partial charge in [-0.25, -0.2) is 28.7 Å². The molecule has 3 aromatic rings. The number of nitrogens with one attached hydrogen (secondary N) is 2. The van der Waals surface area contributed by atoms with Crippen LogP contribution in [0.3, 0.4) is 0 Å². The Morgan fingerprint density at radius 3 is 2.00 bits per heavy atom. The molecule has 0 aliphatic carbocycles. The number of aliphatic hydroxyl groups excluding tert-OH is 3. The molecule has 3 rings (SSSR count). The minimum atomic E-state index is -0.637. The summed E-state index contributed by atoms with van der Waals surface area (Å²) in [5.74, 6) is 0. The summed E-state index contributed by atoms with van der Waals surface area (Å²) >= 11 is 0. The van der Waals surface area contributed by atoms with Gasteiger partial charge in [-0.1, -0.05) is 5.21 Å². The molecule has 0 bridgehead atoms. The Morgan fingerprint density at radius 2 is 1.74 bits per heavy atom. The zero-order chi connectivity index (χ0) is 17.1. The minimum absolute atomic E-state index is 0.0347. The SMILES string of the molecule is O=c1[nH]c(=O)n(CO)[nH]1.OCn1cccn1.OCn1ccnn1. The van der Waals surface area contributed by atoms with E-state index in [1.165, 1.54) is 15.6 Å². The first-order chi connectivity index (χ1) is 11.1. The Labute approximate surface area is 128 Å². The van der Waals surface area contributed by atoms with Gasteiger partial charge in [-0.15, -0.1) is 5.10 Å². The molecule has 0 aliphatic heterocycles. The topological polar surface area (TPSA) is 180 Å². The molecule has 0 unspecified atom stereocenters. The minimum Gasteiger partial charge on any atom is -0.374 e. The summed E-state index contributed by atoms with van der Waals surface area (Å²) in [6.45, 7) is -0.648. The van der Waals surface area contributed by atoms with Crippen LogP contribution in [0.25, 0.3) is 0 Å². The number of rotatable bonds is 3. The van der Waals surface area contributed by atoms with Crippen molar-refractivity contribution in [3.63, 3.8) is 0 Å². The van der Waals surface area contributed by atoms with E-state index in [-0.39, 0.29) is 13.5 Å². The summed E-state index contributed by atoms with van der Waals surface area (Å²) in [6.07, 6.45) is 6.41. The zero-order valence-electron chi connectivity index (χ0n) is 11.8. The monoisotopic (exact) mass is 328 g/mol. The molecule has 0 spiro atoms. The summed E-state index contributed by atoms with van der Waals surface area (Å²) < 4.78 is 3.50. The second-order valence-corrected chi connectivity index (χ2v) is 3.71. The maximum atomic E-state index is 10.4. The third-order valence-electron chi connectivity index (χ3n) is 2.16. The first-order valence-corrected chi connectivity index (χ1v) is 6.14. The summed E-state index contributed by atoms with van der Waals surface area (Å²) in [6, 6.07) is 1.76. The number of hydrogen-bond acceptors (Lipinski definition) is 8. The average Bonchev–Trinajstić information content (AvgIpc) is 3.30.